The summed E-state index contributed by atoms with van der Waals surface area (Å²) in [4.78, 5) is 30.2. The van der Waals surface area contributed by atoms with Crippen molar-refractivity contribution in [2.45, 2.75) is 62.8 Å². The molecule has 0 unspecified atom stereocenters. The number of benzene rings is 2. The zero-order valence-electron chi connectivity index (χ0n) is 22.4. The summed E-state index contributed by atoms with van der Waals surface area (Å²) in [7, 11) is 0. The highest BCUT2D eigenvalue weighted by atomic mass is 79.9. The van der Waals surface area contributed by atoms with Crippen LogP contribution in [-0.2, 0) is 24.2 Å². The van der Waals surface area contributed by atoms with Gasteiger partial charge in [-0.15, -0.1) is 0 Å². The van der Waals surface area contributed by atoms with Gasteiger partial charge in [0, 0.05) is 54.0 Å². The largest absolute Gasteiger partial charge is 0.347 e. The van der Waals surface area contributed by atoms with Crippen LogP contribution in [-0.4, -0.2) is 19.1 Å². The second kappa shape index (κ2) is 18.0. The lowest BCUT2D eigenvalue weighted by molar-refractivity contribution is 0.632. The number of aromatic nitrogens is 4. The van der Waals surface area contributed by atoms with Gasteiger partial charge in [-0.2, -0.15) is 0 Å². The van der Waals surface area contributed by atoms with Crippen LogP contribution in [0.2, 0.25) is 5.02 Å². The Morgan fingerprint density at radius 2 is 1.51 bits per heavy atom. The molecule has 208 valence electrons. The maximum Gasteiger partial charge on any atom is 0.285 e. The van der Waals surface area contributed by atoms with Crippen molar-refractivity contribution in [1.29, 1.82) is 0 Å². The summed E-state index contributed by atoms with van der Waals surface area (Å²) >= 11 is 15.3. The molecule has 0 spiro atoms. The SMILES string of the molecule is CCCn1cc[nH]c(=S)c1=O.CCCn1ccnc(SCc2ccc(C)cc2)c1=O.Clc1ccc(CBr)cc1. The van der Waals surface area contributed by atoms with Crippen molar-refractivity contribution in [3.05, 3.63) is 120 Å². The van der Waals surface area contributed by atoms with E-state index in [2.05, 4.69) is 64.0 Å². The van der Waals surface area contributed by atoms with Crippen LogP contribution in [0.15, 0.2) is 87.9 Å². The first-order valence-electron chi connectivity index (χ1n) is 12.6. The smallest absolute Gasteiger partial charge is 0.285 e. The van der Waals surface area contributed by atoms with Gasteiger partial charge in [-0.3, -0.25) is 9.59 Å². The number of nitrogens with one attached hydrogen (secondary N) is 1. The molecule has 6 nitrogen and oxygen atoms in total. The molecule has 0 aliphatic carbocycles. The van der Waals surface area contributed by atoms with Gasteiger partial charge in [0.15, 0.2) is 9.67 Å². The van der Waals surface area contributed by atoms with E-state index in [1.54, 1.807) is 33.9 Å². The molecule has 0 radical (unpaired) electrons. The number of hydrogen-bond donors (Lipinski definition) is 1. The monoisotopic (exact) mass is 648 g/mol. The van der Waals surface area contributed by atoms with Crippen molar-refractivity contribution in [3.8, 4) is 0 Å². The van der Waals surface area contributed by atoms with Gasteiger partial charge in [-0.1, -0.05) is 107 Å². The average molecular weight is 650 g/mol. The van der Waals surface area contributed by atoms with Gasteiger partial charge in [-0.05, 0) is 43.0 Å². The molecule has 2 aromatic carbocycles. The van der Waals surface area contributed by atoms with E-state index in [0.29, 0.717) is 5.03 Å². The van der Waals surface area contributed by atoms with Crippen molar-refractivity contribution in [1.82, 2.24) is 19.1 Å². The van der Waals surface area contributed by atoms with E-state index in [1.807, 2.05) is 31.2 Å². The van der Waals surface area contributed by atoms with Gasteiger partial charge in [0.2, 0.25) is 0 Å². The first kappa shape index (κ1) is 32.8. The molecule has 39 heavy (non-hydrogen) atoms. The number of nitrogens with zero attached hydrogens (tertiary/aromatic N) is 3. The fraction of sp³-hybridized carbons (Fsp3) is 0.310. The summed E-state index contributed by atoms with van der Waals surface area (Å²) < 4.78 is 3.62. The second-order valence-corrected chi connectivity index (χ2v) is 10.9. The van der Waals surface area contributed by atoms with Crippen LogP contribution in [0.1, 0.15) is 43.4 Å². The average Bonchev–Trinajstić information content (AvgIpc) is 2.94. The molecule has 10 heteroatoms. The van der Waals surface area contributed by atoms with Gasteiger partial charge in [0.25, 0.3) is 11.1 Å². The minimum Gasteiger partial charge on any atom is -0.347 e. The van der Waals surface area contributed by atoms with E-state index in [0.717, 1.165) is 42.0 Å². The highest BCUT2D eigenvalue weighted by molar-refractivity contribution is 9.08. The minimum atomic E-state index is -0.107. The van der Waals surface area contributed by atoms with Crippen molar-refractivity contribution in [2.24, 2.45) is 0 Å². The molecular formula is C29H34BrClN4O2S2. The predicted molar refractivity (Wildman–Crippen MR) is 170 cm³/mol. The molecule has 2 aromatic heterocycles. The Hall–Kier alpha value is -2.46. The summed E-state index contributed by atoms with van der Waals surface area (Å²) in [5.41, 5.74) is 3.62. The third-order valence-corrected chi connectivity index (χ3v) is 7.52. The van der Waals surface area contributed by atoms with Crippen molar-refractivity contribution >= 4 is 51.5 Å². The Morgan fingerprint density at radius 3 is 2.10 bits per heavy atom. The number of thioether (sulfide) groups is 1. The molecule has 0 amide bonds. The quantitative estimate of drug-likeness (QED) is 0.120. The van der Waals surface area contributed by atoms with Gasteiger partial charge in [0.05, 0.1) is 0 Å². The van der Waals surface area contributed by atoms with Crippen LogP contribution >= 0.6 is 51.5 Å². The zero-order chi connectivity index (χ0) is 28.6. The maximum atomic E-state index is 12.1. The van der Waals surface area contributed by atoms with Gasteiger partial charge in [-0.25, -0.2) is 4.98 Å². The van der Waals surface area contributed by atoms with Crippen molar-refractivity contribution in [3.63, 3.8) is 0 Å². The van der Waals surface area contributed by atoms with E-state index in [1.165, 1.54) is 28.5 Å². The second-order valence-electron chi connectivity index (χ2n) is 8.55. The van der Waals surface area contributed by atoms with Gasteiger partial charge < -0.3 is 14.1 Å². The lowest BCUT2D eigenvalue weighted by Gasteiger charge is -2.05. The Bertz CT molecular complexity index is 1450. The normalized spacial score (nSPS) is 10.2. The maximum absolute atomic E-state index is 12.1. The van der Waals surface area contributed by atoms with E-state index >= 15 is 0 Å². The molecule has 0 aliphatic rings. The molecule has 2 heterocycles. The molecule has 0 bridgehead atoms. The van der Waals surface area contributed by atoms with Gasteiger partial charge in [0.1, 0.15) is 0 Å². The fourth-order valence-corrected chi connectivity index (χ4v) is 4.79. The number of halogens is 2. The fourth-order valence-electron chi connectivity index (χ4n) is 3.23. The topological polar surface area (TPSA) is 72.7 Å². The molecule has 1 N–H and O–H groups in total. The number of hydrogen-bond acceptors (Lipinski definition) is 5. The molecule has 0 atom stereocenters. The molecule has 0 saturated heterocycles. The van der Waals surface area contributed by atoms with Gasteiger partial charge >= 0.3 is 0 Å². The first-order chi connectivity index (χ1) is 18.8. The van der Waals surface area contributed by atoms with Crippen LogP contribution in [0.25, 0.3) is 0 Å². The van der Waals surface area contributed by atoms with Crippen molar-refractivity contribution < 1.29 is 0 Å². The Kier molecular flexibility index (Phi) is 15.1. The van der Waals surface area contributed by atoms with Crippen LogP contribution < -0.4 is 11.1 Å². The summed E-state index contributed by atoms with van der Waals surface area (Å²) in [5, 5.41) is 2.26. The Balaban J connectivity index is 0.000000226. The Labute approximate surface area is 252 Å². The lowest BCUT2D eigenvalue weighted by atomic mass is 10.2. The molecule has 4 rings (SSSR count). The number of H-pyrrole nitrogens is 1. The summed E-state index contributed by atoms with van der Waals surface area (Å²) in [5.74, 6) is 0.776. The van der Waals surface area contributed by atoms with Crippen LogP contribution in [0.3, 0.4) is 0 Å². The number of alkyl halides is 1. The standard InChI is InChI=1S/C15H18N2OS.C7H6BrCl.C7H10N2OS/c1-3-9-17-10-8-16-14(15(17)18)19-11-13-6-4-12(2)5-7-13;8-5-6-1-3-7(9)4-2-6;1-2-4-9-5-3-8-6(11)7(9)10/h4-8,10H,3,9,11H2,1-2H3;1-4H,5H2;3,5H,2,4H2,1H3,(H,8,11). The highest BCUT2D eigenvalue weighted by Crippen LogP contribution is 2.18. The molecule has 0 saturated carbocycles. The highest BCUT2D eigenvalue weighted by Gasteiger charge is 2.05. The van der Waals surface area contributed by atoms with Crippen LogP contribution in [0, 0.1) is 11.6 Å². The van der Waals surface area contributed by atoms with Crippen LogP contribution in [0.5, 0.6) is 0 Å². The summed E-state index contributed by atoms with van der Waals surface area (Å²) in [6.07, 6.45) is 8.74. The third-order valence-electron chi connectivity index (χ3n) is 5.30. The molecule has 0 aliphatic heterocycles. The van der Waals surface area contributed by atoms with E-state index in [4.69, 9.17) is 23.8 Å². The lowest BCUT2D eigenvalue weighted by Crippen LogP contribution is -2.21. The Morgan fingerprint density at radius 1 is 0.923 bits per heavy atom. The van der Waals surface area contributed by atoms with Crippen molar-refractivity contribution in [2.75, 3.05) is 0 Å². The first-order valence-corrected chi connectivity index (χ1v) is 15.5. The number of rotatable bonds is 8. The molecule has 0 fully saturated rings. The van der Waals surface area contributed by atoms with E-state index in [-0.39, 0.29) is 15.8 Å². The summed E-state index contributed by atoms with van der Waals surface area (Å²) in [6.45, 7) is 7.63. The number of aromatic amines is 1. The van der Waals surface area contributed by atoms with Crippen LogP contribution in [0.4, 0.5) is 0 Å². The predicted octanol–water partition coefficient (Wildman–Crippen LogP) is 7.80. The van der Waals surface area contributed by atoms with E-state index in [9.17, 15) is 9.59 Å². The third kappa shape index (κ3) is 11.7. The molecule has 4 aromatic rings. The minimum absolute atomic E-state index is 0.0152. The molecular weight excluding hydrogens is 616 g/mol. The zero-order valence-corrected chi connectivity index (χ0v) is 26.4. The van der Waals surface area contributed by atoms with E-state index < -0.39 is 0 Å². The number of aryl methyl sites for hydroxylation is 3. The summed E-state index contributed by atoms with van der Waals surface area (Å²) in [6, 6.07) is 16.1.